The normalized spacial score (nSPS) is 22.2. The number of Topliss-reactive ketones (excluding diaryl/α,β-unsaturated/α-hetero) is 1. The summed E-state index contributed by atoms with van der Waals surface area (Å²) in [5.74, 6) is -0.319. The molecule has 0 bridgehead atoms. The zero-order chi connectivity index (χ0) is 25.9. The molecule has 3 aliphatic heterocycles. The van der Waals surface area contributed by atoms with Gasteiger partial charge in [-0.25, -0.2) is 4.79 Å². The van der Waals surface area contributed by atoms with Crippen molar-refractivity contribution in [2.75, 3.05) is 13.2 Å². The van der Waals surface area contributed by atoms with E-state index in [0.29, 0.717) is 74.4 Å². The lowest BCUT2D eigenvalue weighted by atomic mass is 9.83. The lowest BCUT2D eigenvalue weighted by molar-refractivity contribution is -0.135. The number of ketones is 1. The summed E-state index contributed by atoms with van der Waals surface area (Å²) in [7, 11) is 0. The lowest BCUT2D eigenvalue weighted by Gasteiger charge is -2.28. The second-order valence-electron chi connectivity index (χ2n) is 9.68. The maximum Gasteiger partial charge on any atom is 0.342 e. The Bertz CT molecular complexity index is 1260. The summed E-state index contributed by atoms with van der Waals surface area (Å²) in [6.07, 6.45) is 6.59. The zero-order valence-electron chi connectivity index (χ0n) is 20.8. The van der Waals surface area contributed by atoms with Gasteiger partial charge >= 0.3 is 11.9 Å². The molecule has 5 rings (SSSR count). The lowest BCUT2D eigenvalue weighted by Crippen LogP contribution is -2.23. The van der Waals surface area contributed by atoms with Crippen LogP contribution in [0.3, 0.4) is 0 Å². The van der Waals surface area contributed by atoms with Gasteiger partial charge < -0.3 is 24.1 Å². The standard InChI is InChI=1S/C29H30O8/c1-17-6-5-9-20(30)8-4-2-3-7-19-15-24-27(28(32)26(19)29(33)36-17)21(16-25(31)37-24)18-10-11-22-23(14-18)35-13-12-34-22/h3,7,10-11,14-15,17,21,32H,2,4-6,8-9,12-13,16H2,1H3/t17-,21+/m0/s1. The molecule has 0 spiro atoms. The van der Waals surface area contributed by atoms with Crippen LogP contribution in [0.4, 0.5) is 0 Å². The highest BCUT2D eigenvalue weighted by Gasteiger charge is 2.36. The molecule has 2 aromatic carbocycles. The van der Waals surface area contributed by atoms with Gasteiger partial charge in [-0.2, -0.15) is 0 Å². The minimum Gasteiger partial charge on any atom is -0.507 e. The van der Waals surface area contributed by atoms with Gasteiger partial charge in [0.15, 0.2) is 11.5 Å². The average molecular weight is 507 g/mol. The van der Waals surface area contributed by atoms with E-state index in [4.69, 9.17) is 18.9 Å². The number of carbonyl (C=O) groups excluding carboxylic acids is 3. The molecule has 0 radical (unpaired) electrons. The number of aromatic hydroxyl groups is 1. The van der Waals surface area contributed by atoms with E-state index in [1.807, 2.05) is 12.1 Å². The molecule has 37 heavy (non-hydrogen) atoms. The number of cyclic esters (lactones) is 1. The molecular weight excluding hydrogens is 476 g/mol. The summed E-state index contributed by atoms with van der Waals surface area (Å²) >= 11 is 0. The number of hydrogen-bond acceptors (Lipinski definition) is 8. The molecule has 0 aliphatic carbocycles. The van der Waals surface area contributed by atoms with Gasteiger partial charge in [-0.05, 0) is 61.9 Å². The van der Waals surface area contributed by atoms with Gasteiger partial charge in [-0.15, -0.1) is 0 Å². The van der Waals surface area contributed by atoms with Crippen molar-refractivity contribution in [2.24, 2.45) is 0 Å². The molecule has 1 N–H and O–H groups in total. The van der Waals surface area contributed by atoms with Crippen LogP contribution in [0.1, 0.15) is 84.8 Å². The molecule has 0 saturated carbocycles. The highest BCUT2D eigenvalue weighted by Crippen LogP contribution is 2.48. The predicted octanol–water partition coefficient (Wildman–Crippen LogP) is 5.09. The number of esters is 2. The van der Waals surface area contributed by atoms with E-state index in [0.717, 1.165) is 5.56 Å². The smallest absolute Gasteiger partial charge is 0.342 e. The number of fused-ring (bicyclic) bond motifs is 3. The van der Waals surface area contributed by atoms with E-state index in [9.17, 15) is 19.5 Å². The third-order valence-electron chi connectivity index (χ3n) is 6.95. The fourth-order valence-corrected chi connectivity index (χ4v) is 5.08. The van der Waals surface area contributed by atoms with Crippen molar-refractivity contribution in [1.29, 1.82) is 0 Å². The SMILES string of the molecule is C[C@H]1CCCC(=O)CCCC=Cc2cc3c(c(O)c2C(=O)O1)[C@@H](c1ccc2c(c1)OCCO2)CC(=O)O3. The van der Waals surface area contributed by atoms with E-state index in [-0.39, 0.29) is 29.3 Å². The molecule has 8 nitrogen and oxygen atoms in total. The Kier molecular flexibility index (Phi) is 7.17. The summed E-state index contributed by atoms with van der Waals surface area (Å²) in [6, 6.07) is 7.01. The van der Waals surface area contributed by atoms with Crippen molar-refractivity contribution in [2.45, 2.75) is 63.9 Å². The van der Waals surface area contributed by atoms with E-state index in [1.165, 1.54) is 0 Å². The van der Waals surface area contributed by atoms with Crippen LogP contribution < -0.4 is 14.2 Å². The number of rotatable bonds is 1. The number of hydrogen-bond donors (Lipinski definition) is 1. The molecular formula is C29H30O8. The summed E-state index contributed by atoms with van der Waals surface area (Å²) in [4.78, 5) is 38.0. The number of carbonyl (C=O) groups is 3. The maximum absolute atomic E-state index is 13.3. The molecule has 0 fully saturated rings. The van der Waals surface area contributed by atoms with Gasteiger partial charge in [-0.1, -0.05) is 18.2 Å². The van der Waals surface area contributed by atoms with Crippen LogP contribution >= 0.6 is 0 Å². The first kappa shape index (κ1) is 24.9. The molecule has 2 atom stereocenters. The number of allylic oxidation sites excluding steroid dienone is 1. The Labute approximate surface area is 215 Å². The second-order valence-corrected chi connectivity index (χ2v) is 9.68. The van der Waals surface area contributed by atoms with Gasteiger partial charge in [0, 0.05) is 24.3 Å². The molecule has 0 aromatic heterocycles. The van der Waals surface area contributed by atoms with Crippen molar-refractivity contribution in [1.82, 2.24) is 0 Å². The zero-order valence-corrected chi connectivity index (χ0v) is 20.8. The Morgan fingerprint density at radius 2 is 1.73 bits per heavy atom. The van der Waals surface area contributed by atoms with E-state index in [2.05, 4.69) is 0 Å². The van der Waals surface area contributed by atoms with Crippen molar-refractivity contribution < 1.29 is 38.4 Å². The number of ether oxygens (including phenoxy) is 4. The van der Waals surface area contributed by atoms with Gasteiger partial charge in [-0.3, -0.25) is 9.59 Å². The Morgan fingerprint density at radius 3 is 2.57 bits per heavy atom. The molecule has 194 valence electrons. The molecule has 8 heteroatoms. The Morgan fingerprint density at radius 1 is 0.946 bits per heavy atom. The van der Waals surface area contributed by atoms with Crippen LogP contribution in [-0.4, -0.2) is 42.1 Å². The van der Waals surface area contributed by atoms with Crippen LogP contribution in [0.15, 0.2) is 30.3 Å². The van der Waals surface area contributed by atoms with Crippen molar-refractivity contribution >= 4 is 23.8 Å². The van der Waals surface area contributed by atoms with Gasteiger partial charge in [0.05, 0.1) is 12.5 Å². The maximum atomic E-state index is 13.3. The summed E-state index contributed by atoms with van der Waals surface area (Å²) < 4.78 is 22.5. The van der Waals surface area contributed by atoms with Crippen molar-refractivity contribution in [3.8, 4) is 23.0 Å². The molecule has 3 heterocycles. The minimum atomic E-state index is -0.659. The quantitative estimate of drug-likeness (QED) is 0.421. The van der Waals surface area contributed by atoms with Crippen LogP contribution in [0, 0.1) is 0 Å². The topological polar surface area (TPSA) is 108 Å². The Hall–Kier alpha value is -3.81. The van der Waals surface area contributed by atoms with Crippen LogP contribution in [0.5, 0.6) is 23.0 Å². The van der Waals surface area contributed by atoms with Crippen LogP contribution in [0.25, 0.3) is 6.08 Å². The minimum absolute atomic E-state index is 0.00565. The number of phenols is 1. The van der Waals surface area contributed by atoms with Crippen LogP contribution in [-0.2, 0) is 14.3 Å². The van der Waals surface area contributed by atoms with Crippen molar-refractivity contribution in [3.05, 3.63) is 52.6 Å². The summed E-state index contributed by atoms with van der Waals surface area (Å²) in [6.45, 7) is 2.66. The molecule has 0 amide bonds. The fraction of sp³-hybridized carbons (Fsp3) is 0.414. The first-order valence-corrected chi connectivity index (χ1v) is 12.8. The summed E-state index contributed by atoms with van der Waals surface area (Å²) in [5.41, 5.74) is 1.53. The van der Waals surface area contributed by atoms with Gasteiger partial charge in [0.1, 0.15) is 36.1 Å². The van der Waals surface area contributed by atoms with Gasteiger partial charge in [0.2, 0.25) is 0 Å². The number of phenolic OH excluding ortho intramolecular Hbond substituents is 1. The molecule has 2 aromatic rings. The predicted molar refractivity (Wildman–Crippen MR) is 134 cm³/mol. The largest absolute Gasteiger partial charge is 0.507 e. The monoisotopic (exact) mass is 506 g/mol. The van der Waals surface area contributed by atoms with E-state index < -0.39 is 24.0 Å². The van der Waals surface area contributed by atoms with Crippen LogP contribution in [0.2, 0.25) is 0 Å². The fourth-order valence-electron chi connectivity index (χ4n) is 5.08. The summed E-state index contributed by atoms with van der Waals surface area (Å²) in [5, 5.41) is 11.5. The molecule has 3 aliphatic rings. The Balaban J connectivity index is 1.58. The number of benzene rings is 2. The molecule has 0 saturated heterocycles. The second kappa shape index (κ2) is 10.7. The average Bonchev–Trinajstić information content (AvgIpc) is 2.87. The third-order valence-corrected chi connectivity index (χ3v) is 6.95. The highest BCUT2D eigenvalue weighted by molar-refractivity contribution is 5.98. The highest BCUT2D eigenvalue weighted by atomic mass is 16.6. The third kappa shape index (κ3) is 5.33. The van der Waals surface area contributed by atoms with E-state index >= 15 is 0 Å². The first-order valence-electron chi connectivity index (χ1n) is 12.8. The van der Waals surface area contributed by atoms with Gasteiger partial charge in [0.25, 0.3) is 0 Å². The first-order chi connectivity index (χ1) is 17.9. The van der Waals surface area contributed by atoms with E-state index in [1.54, 1.807) is 31.2 Å². The molecule has 0 unspecified atom stereocenters. The van der Waals surface area contributed by atoms with Crippen molar-refractivity contribution in [3.63, 3.8) is 0 Å².